The summed E-state index contributed by atoms with van der Waals surface area (Å²) in [5, 5.41) is 8.80. The smallest absolute Gasteiger partial charge is 0.361 e. The highest BCUT2D eigenvalue weighted by molar-refractivity contribution is 5.98. The lowest BCUT2D eigenvalue weighted by Crippen LogP contribution is -2.50. The fourth-order valence-corrected chi connectivity index (χ4v) is 1.88. The van der Waals surface area contributed by atoms with Crippen LogP contribution in [0.3, 0.4) is 0 Å². The summed E-state index contributed by atoms with van der Waals surface area (Å²) in [5.74, 6) is -1.65. The summed E-state index contributed by atoms with van der Waals surface area (Å²) in [6, 6.07) is 0. The van der Waals surface area contributed by atoms with Crippen molar-refractivity contribution < 1.29 is 33.7 Å². The van der Waals surface area contributed by atoms with Crippen LogP contribution in [0, 0.1) is 5.41 Å². The molecule has 2 heterocycles. The van der Waals surface area contributed by atoms with Crippen LogP contribution in [0.5, 0.6) is 0 Å². The Hall–Kier alpha value is -2.51. The van der Waals surface area contributed by atoms with Gasteiger partial charge in [-0.2, -0.15) is 0 Å². The van der Waals surface area contributed by atoms with Gasteiger partial charge in [0.25, 0.3) is 0 Å². The van der Waals surface area contributed by atoms with Gasteiger partial charge in [-0.15, -0.1) is 0 Å². The molecular weight excluding hydrogens is 294 g/mol. The molecule has 0 radical (unpaired) electrons. The Balaban J connectivity index is 2.00. The van der Waals surface area contributed by atoms with Crippen LogP contribution in [0.2, 0.25) is 0 Å². The quantitative estimate of drug-likeness (QED) is 0.357. The molecular formula is C14H17NO7. The normalized spacial score (nSPS) is 20.6. The van der Waals surface area contributed by atoms with Gasteiger partial charge in [0.05, 0.1) is 18.1 Å². The third-order valence-electron chi connectivity index (χ3n) is 3.05. The van der Waals surface area contributed by atoms with Gasteiger partial charge >= 0.3 is 11.9 Å². The van der Waals surface area contributed by atoms with Crippen LogP contribution in [0.15, 0.2) is 23.8 Å². The highest BCUT2D eigenvalue weighted by Crippen LogP contribution is 2.36. The number of rotatable bonds is 4. The van der Waals surface area contributed by atoms with Crippen molar-refractivity contribution >= 4 is 17.8 Å². The SMILES string of the molecule is CC(C)(C)C(=O)OCOC(=O)C1=C(/C=C\O)O[C@@H]2CC(=O)N12. The molecule has 1 N–H and O–H groups in total. The number of carbonyl (C=O) groups is 3. The third-order valence-corrected chi connectivity index (χ3v) is 3.05. The molecule has 8 heteroatoms. The van der Waals surface area contributed by atoms with Crippen LogP contribution >= 0.6 is 0 Å². The van der Waals surface area contributed by atoms with Crippen molar-refractivity contribution in [3.8, 4) is 0 Å². The zero-order valence-corrected chi connectivity index (χ0v) is 12.5. The number of β-lactam (4-membered cyclic amide) rings is 1. The van der Waals surface area contributed by atoms with Crippen LogP contribution in [0.1, 0.15) is 27.2 Å². The number of hydrogen-bond donors (Lipinski definition) is 1. The van der Waals surface area contributed by atoms with E-state index in [1.807, 2.05) is 0 Å². The summed E-state index contributed by atoms with van der Waals surface area (Å²) in [7, 11) is 0. The Morgan fingerprint density at radius 1 is 1.41 bits per heavy atom. The van der Waals surface area contributed by atoms with Crippen molar-refractivity contribution in [2.45, 2.75) is 33.4 Å². The van der Waals surface area contributed by atoms with Crippen molar-refractivity contribution in [2.75, 3.05) is 6.79 Å². The predicted molar refractivity (Wildman–Crippen MR) is 71.6 cm³/mol. The molecule has 1 amide bonds. The van der Waals surface area contributed by atoms with E-state index in [4.69, 9.17) is 19.3 Å². The number of ether oxygens (including phenoxy) is 3. The summed E-state index contributed by atoms with van der Waals surface area (Å²) in [4.78, 5) is 36.3. The molecule has 2 rings (SSSR count). The monoisotopic (exact) mass is 311 g/mol. The molecule has 1 saturated heterocycles. The Labute approximate surface area is 126 Å². The minimum absolute atomic E-state index is 0.0329. The second kappa shape index (κ2) is 5.70. The van der Waals surface area contributed by atoms with Gasteiger partial charge in [-0.25, -0.2) is 4.79 Å². The van der Waals surface area contributed by atoms with Gasteiger partial charge in [0, 0.05) is 6.08 Å². The van der Waals surface area contributed by atoms with Gasteiger partial charge in [0.15, 0.2) is 17.7 Å². The predicted octanol–water partition coefficient (Wildman–Crippen LogP) is 0.948. The number of carbonyl (C=O) groups excluding carboxylic acids is 3. The molecule has 0 unspecified atom stereocenters. The Bertz CT molecular complexity index is 570. The van der Waals surface area contributed by atoms with E-state index >= 15 is 0 Å². The molecule has 0 saturated carbocycles. The lowest BCUT2D eigenvalue weighted by atomic mass is 9.98. The summed E-state index contributed by atoms with van der Waals surface area (Å²) < 4.78 is 15.0. The Kier molecular flexibility index (Phi) is 4.11. The van der Waals surface area contributed by atoms with Crippen molar-refractivity contribution in [3.05, 3.63) is 23.8 Å². The number of amides is 1. The van der Waals surface area contributed by atoms with E-state index < -0.39 is 30.4 Å². The van der Waals surface area contributed by atoms with Crippen molar-refractivity contribution in [3.63, 3.8) is 0 Å². The molecule has 2 aliphatic heterocycles. The van der Waals surface area contributed by atoms with E-state index in [1.54, 1.807) is 20.8 Å². The number of aliphatic hydroxyl groups is 1. The number of aliphatic hydroxyl groups excluding tert-OH is 1. The maximum absolute atomic E-state index is 12.0. The molecule has 0 spiro atoms. The summed E-state index contributed by atoms with van der Waals surface area (Å²) in [5.41, 5.74) is -0.829. The standard InChI is InChI=1S/C14H17NO7/c1-14(2,3)13(19)21-7-20-12(18)11-8(4-5-16)22-10-6-9(17)15(10)11/h4-5,10,16H,6-7H2,1-3H3/b5-4-/t10-/m1/s1. The van der Waals surface area contributed by atoms with Crippen molar-refractivity contribution in [1.29, 1.82) is 0 Å². The zero-order valence-electron chi connectivity index (χ0n) is 12.5. The van der Waals surface area contributed by atoms with Gasteiger partial charge in [-0.3, -0.25) is 14.5 Å². The topological polar surface area (TPSA) is 102 Å². The molecule has 120 valence electrons. The number of esters is 2. The van der Waals surface area contributed by atoms with Crippen LogP contribution in [0.25, 0.3) is 0 Å². The fraction of sp³-hybridized carbons (Fsp3) is 0.500. The number of fused-ring (bicyclic) bond motifs is 1. The maximum Gasteiger partial charge on any atom is 0.361 e. The van der Waals surface area contributed by atoms with E-state index in [9.17, 15) is 14.4 Å². The van der Waals surface area contributed by atoms with Gasteiger partial charge in [0.2, 0.25) is 12.7 Å². The summed E-state index contributed by atoms with van der Waals surface area (Å²) in [6.45, 7) is 4.43. The van der Waals surface area contributed by atoms with Gasteiger partial charge < -0.3 is 19.3 Å². The highest BCUT2D eigenvalue weighted by atomic mass is 16.7. The van der Waals surface area contributed by atoms with Crippen LogP contribution < -0.4 is 0 Å². The minimum Gasteiger partial charge on any atom is -0.515 e. The molecule has 0 aliphatic carbocycles. The molecule has 1 fully saturated rings. The molecule has 0 aromatic rings. The van der Waals surface area contributed by atoms with Gasteiger partial charge in [0.1, 0.15) is 0 Å². The van der Waals surface area contributed by atoms with Crippen LogP contribution in [0.4, 0.5) is 0 Å². The van der Waals surface area contributed by atoms with Crippen molar-refractivity contribution in [1.82, 2.24) is 4.90 Å². The first-order chi connectivity index (χ1) is 10.3. The first-order valence-corrected chi connectivity index (χ1v) is 6.64. The van der Waals surface area contributed by atoms with Crippen LogP contribution in [-0.4, -0.2) is 40.9 Å². The van der Waals surface area contributed by atoms with E-state index in [0.717, 1.165) is 11.0 Å². The third kappa shape index (κ3) is 2.90. The molecule has 1 atom stereocenters. The Morgan fingerprint density at radius 2 is 2.09 bits per heavy atom. The lowest BCUT2D eigenvalue weighted by Gasteiger charge is -2.33. The first-order valence-electron chi connectivity index (χ1n) is 6.64. The largest absolute Gasteiger partial charge is 0.515 e. The molecule has 8 nitrogen and oxygen atoms in total. The molecule has 0 aromatic heterocycles. The zero-order chi connectivity index (χ0) is 16.5. The summed E-state index contributed by atoms with van der Waals surface area (Å²) in [6.07, 6.45) is 1.43. The fourth-order valence-electron chi connectivity index (χ4n) is 1.88. The van der Waals surface area contributed by atoms with Crippen LogP contribution in [-0.2, 0) is 28.6 Å². The van der Waals surface area contributed by atoms with Gasteiger partial charge in [-0.05, 0) is 20.8 Å². The first kappa shape index (κ1) is 15.9. The van der Waals surface area contributed by atoms with E-state index in [2.05, 4.69) is 0 Å². The molecule has 2 aliphatic rings. The maximum atomic E-state index is 12.0. The lowest BCUT2D eigenvalue weighted by molar-refractivity contribution is -0.174. The average molecular weight is 311 g/mol. The number of allylic oxidation sites excluding steroid dienone is 1. The van der Waals surface area contributed by atoms with Gasteiger partial charge in [-0.1, -0.05) is 0 Å². The van der Waals surface area contributed by atoms with Crippen molar-refractivity contribution in [2.24, 2.45) is 5.41 Å². The molecule has 0 bridgehead atoms. The van der Waals surface area contributed by atoms with E-state index in [0.29, 0.717) is 6.26 Å². The summed E-state index contributed by atoms with van der Waals surface area (Å²) >= 11 is 0. The highest BCUT2D eigenvalue weighted by Gasteiger charge is 2.49. The number of nitrogens with zero attached hydrogens (tertiary/aromatic N) is 1. The molecule has 22 heavy (non-hydrogen) atoms. The number of hydrogen-bond acceptors (Lipinski definition) is 7. The molecule has 0 aromatic carbocycles. The average Bonchev–Trinajstić information content (AvgIpc) is 2.70. The van der Waals surface area contributed by atoms with E-state index in [1.165, 1.54) is 0 Å². The Morgan fingerprint density at radius 3 is 2.64 bits per heavy atom. The second-order valence-corrected chi connectivity index (χ2v) is 5.80. The second-order valence-electron chi connectivity index (χ2n) is 5.80. The minimum atomic E-state index is -0.870. The van der Waals surface area contributed by atoms with E-state index in [-0.39, 0.29) is 23.8 Å².